The lowest BCUT2D eigenvalue weighted by Crippen LogP contribution is -2.02. The molecular formula is C14H19NO4. The summed E-state index contributed by atoms with van der Waals surface area (Å²) >= 11 is 0. The van der Waals surface area contributed by atoms with Crippen molar-refractivity contribution in [2.45, 2.75) is 39.0 Å². The highest BCUT2D eigenvalue weighted by Gasteiger charge is 2.15. The van der Waals surface area contributed by atoms with Crippen LogP contribution in [0, 0.1) is 10.1 Å². The van der Waals surface area contributed by atoms with Crippen LogP contribution in [-0.4, -0.2) is 18.0 Å². The number of benzene rings is 1. The molecule has 0 atom stereocenters. The smallest absolute Gasteiger partial charge is 0.305 e. The van der Waals surface area contributed by atoms with Gasteiger partial charge in [-0.15, -0.1) is 0 Å². The van der Waals surface area contributed by atoms with Crippen molar-refractivity contribution in [2.75, 3.05) is 7.11 Å². The maximum Gasteiger partial charge on any atom is 0.305 e. The van der Waals surface area contributed by atoms with Gasteiger partial charge in [-0.2, -0.15) is 0 Å². The molecular weight excluding hydrogens is 246 g/mol. The molecule has 0 aliphatic heterocycles. The van der Waals surface area contributed by atoms with Crippen LogP contribution in [0.2, 0.25) is 0 Å². The Labute approximate surface area is 112 Å². The van der Waals surface area contributed by atoms with E-state index in [1.165, 1.54) is 7.11 Å². The molecule has 0 heterocycles. The van der Waals surface area contributed by atoms with E-state index in [1.807, 2.05) is 19.9 Å². The number of carbonyl (C=O) groups excluding carboxylic acids is 1. The number of rotatable bonds is 6. The Morgan fingerprint density at radius 2 is 2.11 bits per heavy atom. The second kappa shape index (κ2) is 6.87. The Morgan fingerprint density at radius 1 is 1.42 bits per heavy atom. The molecule has 0 bridgehead atoms. The lowest BCUT2D eigenvalue weighted by atomic mass is 9.97. The zero-order valence-electron chi connectivity index (χ0n) is 11.5. The average Bonchev–Trinajstić information content (AvgIpc) is 2.37. The van der Waals surface area contributed by atoms with Gasteiger partial charge in [0.2, 0.25) is 0 Å². The number of ether oxygens (including phenoxy) is 1. The molecule has 0 spiro atoms. The number of nitro benzene ring substituents is 1. The fourth-order valence-corrected chi connectivity index (χ4v) is 1.87. The predicted octanol–water partition coefficient (Wildman–Crippen LogP) is 3.21. The minimum Gasteiger partial charge on any atom is -0.469 e. The van der Waals surface area contributed by atoms with E-state index in [9.17, 15) is 14.9 Å². The molecule has 1 rings (SSSR count). The van der Waals surface area contributed by atoms with Gasteiger partial charge in [0.1, 0.15) is 0 Å². The van der Waals surface area contributed by atoms with Crippen LogP contribution in [0.3, 0.4) is 0 Å². The van der Waals surface area contributed by atoms with E-state index in [0.29, 0.717) is 24.3 Å². The molecule has 5 heteroatoms. The Kier molecular flexibility index (Phi) is 5.48. The maximum atomic E-state index is 11.0. The summed E-state index contributed by atoms with van der Waals surface area (Å²) in [6.07, 6.45) is 1.33. The van der Waals surface area contributed by atoms with Crippen LogP contribution in [-0.2, 0) is 16.0 Å². The second-order valence-corrected chi connectivity index (χ2v) is 4.73. The van der Waals surface area contributed by atoms with Crippen LogP contribution >= 0.6 is 0 Å². The molecule has 19 heavy (non-hydrogen) atoms. The Bertz CT molecular complexity index is 469. The molecule has 0 saturated heterocycles. The first kappa shape index (κ1) is 15.1. The summed E-state index contributed by atoms with van der Waals surface area (Å²) in [5, 5.41) is 11.0. The predicted molar refractivity (Wildman–Crippen MR) is 72.1 cm³/mol. The molecule has 0 saturated carbocycles. The summed E-state index contributed by atoms with van der Waals surface area (Å²) in [5.41, 5.74) is 1.87. The Hall–Kier alpha value is -1.91. The van der Waals surface area contributed by atoms with Crippen molar-refractivity contribution in [1.82, 2.24) is 0 Å². The minimum absolute atomic E-state index is 0.120. The van der Waals surface area contributed by atoms with Crippen LogP contribution in [0.15, 0.2) is 18.2 Å². The summed E-state index contributed by atoms with van der Waals surface area (Å²) in [6.45, 7) is 4.08. The zero-order valence-corrected chi connectivity index (χ0v) is 11.5. The van der Waals surface area contributed by atoms with Gasteiger partial charge in [0.25, 0.3) is 5.69 Å². The molecule has 0 fully saturated rings. The fraction of sp³-hybridized carbons (Fsp3) is 0.500. The van der Waals surface area contributed by atoms with Gasteiger partial charge in [-0.25, -0.2) is 0 Å². The molecule has 0 aliphatic rings. The van der Waals surface area contributed by atoms with Crippen molar-refractivity contribution < 1.29 is 14.5 Å². The number of hydrogen-bond donors (Lipinski definition) is 0. The Balaban J connectivity index is 2.85. The first-order valence-electron chi connectivity index (χ1n) is 6.29. The molecule has 0 aliphatic carbocycles. The van der Waals surface area contributed by atoms with Crippen molar-refractivity contribution in [2.24, 2.45) is 0 Å². The number of methoxy groups -OCH3 is 1. The highest BCUT2D eigenvalue weighted by atomic mass is 16.6. The van der Waals surface area contributed by atoms with E-state index >= 15 is 0 Å². The van der Waals surface area contributed by atoms with Crippen molar-refractivity contribution in [1.29, 1.82) is 0 Å². The number of hydrogen-bond acceptors (Lipinski definition) is 4. The monoisotopic (exact) mass is 265 g/mol. The van der Waals surface area contributed by atoms with Crippen LogP contribution in [0.1, 0.15) is 43.7 Å². The van der Waals surface area contributed by atoms with E-state index in [4.69, 9.17) is 0 Å². The third-order valence-electron chi connectivity index (χ3n) is 3.02. The normalized spacial score (nSPS) is 10.5. The quantitative estimate of drug-likeness (QED) is 0.450. The molecule has 104 valence electrons. The van der Waals surface area contributed by atoms with Gasteiger partial charge < -0.3 is 4.74 Å². The van der Waals surface area contributed by atoms with Crippen molar-refractivity contribution in [3.05, 3.63) is 39.4 Å². The third-order valence-corrected chi connectivity index (χ3v) is 3.02. The third kappa shape index (κ3) is 4.35. The zero-order chi connectivity index (χ0) is 14.4. The highest BCUT2D eigenvalue weighted by Crippen LogP contribution is 2.25. The fourth-order valence-electron chi connectivity index (χ4n) is 1.87. The molecule has 1 aromatic rings. The molecule has 0 radical (unpaired) electrons. The number of aryl methyl sites for hydroxylation is 1. The summed E-state index contributed by atoms with van der Waals surface area (Å²) in [4.78, 5) is 21.6. The average molecular weight is 265 g/mol. The van der Waals surface area contributed by atoms with Crippen molar-refractivity contribution in [3.8, 4) is 0 Å². The van der Waals surface area contributed by atoms with Crippen molar-refractivity contribution in [3.63, 3.8) is 0 Å². The van der Waals surface area contributed by atoms with Gasteiger partial charge in [0, 0.05) is 18.1 Å². The Morgan fingerprint density at radius 3 is 2.63 bits per heavy atom. The number of nitrogens with zero attached hydrogens (tertiary/aromatic N) is 1. The van der Waals surface area contributed by atoms with E-state index in [1.54, 1.807) is 12.1 Å². The molecule has 1 aromatic carbocycles. The van der Waals surface area contributed by atoms with E-state index in [0.717, 1.165) is 5.56 Å². The SMILES string of the molecule is COC(=O)CCCc1cc(C(C)C)ccc1[N+](=O)[O-]. The summed E-state index contributed by atoms with van der Waals surface area (Å²) in [7, 11) is 1.34. The first-order chi connectivity index (χ1) is 8.95. The number of esters is 1. The van der Waals surface area contributed by atoms with E-state index in [-0.39, 0.29) is 23.0 Å². The van der Waals surface area contributed by atoms with E-state index < -0.39 is 0 Å². The summed E-state index contributed by atoms with van der Waals surface area (Å²) < 4.78 is 4.55. The number of nitro groups is 1. The van der Waals surface area contributed by atoms with Crippen LogP contribution in [0.25, 0.3) is 0 Å². The first-order valence-corrected chi connectivity index (χ1v) is 6.29. The highest BCUT2D eigenvalue weighted by molar-refractivity contribution is 5.69. The van der Waals surface area contributed by atoms with Crippen LogP contribution in [0.5, 0.6) is 0 Å². The molecule has 0 unspecified atom stereocenters. The largest absolute Gasteiger partial charge is 0.469 e. The summed E-state index contributed by atoms with van der Waals surface area (Å²) in [5.74, 6) is 0.0304. The van der Waals surface area contributed by atoms with Gasteiger partial charge in [-0.3, -0.25) is 14.9 Å². The molecule has 0 amide bonds. The van der Waals surface area contributed by atoms with Gasteiger partial charge in [-0.1, -0.05) is 19.9 Å². The van der Waals surface area contributed by atoms with Crippen LogP contribution in [0.4, 0.5) is 5.69 Å². The van der Waals surface area contributed by atoms with Crippen LogP contribution < -0.4 is 0 Å². The summed E-state index contributed by atoms with van der Waals surface area (Å²) in [6, 6.07) is 5.19. The lowest BCUT2D eigenvalue weighted by molar-refractivity contribution is -0.385. The van der Waals surface area contributed by atoms with Crippen molar-refractivity contribution >= 4 is 11.7 Å². The van der Waals surface area contributed by atoms with E-state index in [2.05, 4.69) is 4.74 Å². The molecule has 0 N–H and O–H groups in total. The topological polar surface area (TPSA) is 69.4 Å². The molecule has 0 aromatic heterocycles. The lowest BCUT2D eigenvalue weighted by Gasteiger charge is -2.09. The van der Waals surface area contributed by atoms with Gasteiger partial charge in [-0.05, 0) is 30.4 Å². The number of carbonyl (C=O) groups is 1. The minimum atomic E-state index is -0.377. The van der Waals surface area contributed by atoms with Gasteiger partial charge in [0.05, 0.1) is 12.0 Å². The van der Waals surface area contributed by atoms with Gasteiger partial charge in [0.15, 0.2) is 0 Å². The second-order valence-electron chi connectivity index (χ2n) is 4.73. The standard InChI is InChI=1S/C14H19NO4/c1-10(2)11-7-8-13(15(17)18)12(9-11)5-4-6-14(16)19-3/h7-10H,4-6H2,1-3H3. The van der Waals surface area contributed by atoms with Gasteiger partial charge >= 0.3 is 5.97 Å². The maximum absolute atomic E-state index is 11.0. The molecule has 5 nitrogen and oxygen atoms in total.